The van der Waals surface area contributed by atoms with E-state index >= 15 is 0 Å². The van der Waals surface area contributed by atoms with E-state index < -0.39 is 0 Å². The van der Waals surface area contributed by atoms with E-state index in [0.29, 0.717) is 0 Å². The Morgan fingerprint density at radius 1 is 0.333 bits per heavy atom. The molecule has 7 heterocycles. The van der Waals surface area contributed by atoms with Crippen molar-refractivity contribution in [1.29, 1.82) is 0 Å². The molecule has 0 atom stereocenters. The first kappa shape index (κ1) is 23.6. The highest BCUT2D eigenvalue weighted by molar-refractivity contribution is 6.40. The first-order valence-corrected chi connectivity index (χ1v) is 16.2. The lowest BCUT2D eigenvalue weighted by Crippen LogP contribution is -1.95. The number of hydrogen-bond donors (Lipinski definition) is 0. The van der Waals surface area contributed by atoms with Crippen LogP contribution in [-0.2, 0) is 0 Å². The van der Waals surface area contributed by atoms with E-state index in [1.165, 1.54) is 65.4 Å². The number of hydrogen-bond acceptors (Lipinski definition) is 4. The van der Waals surface area contributed by atoms with Gasteiger partial charge in [-0.2, -0.15) is 0 Å². The fourth-order valence-electron chi connectivity index (χ4n) is 9.10. The summed E-state index contributed by atoms with van der Waals surface area (Å²) < 4.78 is 5.00. The van der Waals surface area contributed by atoms with Gasteiger partial charge in [0.2, 0.25) is 0 Å². The topological polar surface area (TPSA) is 60.4 Å². The van der Waals surface area contributed by atoms with Crippen molar-refractivity contribution in [2.24, 2.45) is 0 Å². The number of aromatic nitrogens is 6. The molecule has 13 aromatic rings. The monoisotopic (exact) mass is 608 g/mol. The van der Waals surface area contributed by atoms with Crippen LogP contribution in [-0.4, -0.2) is 28.7 Å². The molecule has 6 nitrogen and oxygen atoms in total. The maximum atomic E-state index is 5.67. The van der Waals surface area contributed by atoms with Crippen molar-refractivity contribution in [1.82, 2.24) is 28.7 Å². The van der Waals surface area contributed by atoms with Crippen molar-refractivity contribution in [2.45, 2.75) is 0 Å². The molecule has 0 N–H and O–H groups in total. The van der Waals surface area contributed by atoms with Crippen LogP contribution in [0, 0.1) is 0 Å². The summed E-state index contributed by atoms with van der Waals surface area (Å²) in [5, 5.41) is 13.8. The van der Waals surface area contributed by atoms with Gasteiger partial charge < -0.3 is 8.80 Å². The Morgan fingerprint density at radius 3 is 1.27 bits per heavy atom. The standard InChI is InChI=1S/C42H20N6/c1-3-13-31-21(7-1)25-9-5-11-27-33-37-38(46-36-24-16-18-44-20-30(24)29-19-43-17-15-23(29)35(36)45-37)34-28-12-6-10-26-22-8-2-4-14-32(22)48(40(26)28)42(34)41(33)47(31)39(25)27/h1-20H. The van der Waals surface area contributed by atoms with Crippen LogP contribution in [0.2, 0.25) is 0 Å². The Hall–Kier alpha value is -6.66. The summed E-state index contributed by atoms with van der Waals surface area (Å²) in [6, 6.07) is 35.1. The molecule has 7 aromatic heterocycles. The predicted molar refractivity (Wildman–Crippen MR) is 197 cm³/mol. The first-order chi connectivity index (χ1) is 23.9. The maximum absolute atomic E-state index is 5.67. The van der Waals surface area contributed by atoms with Gasteiger partial charge in [0, 0.05) is 89.4 Å². The highest BCUT2D eigenvalue weighted by Crippen LogP contribution is 2.49. The van der Waals surface area contributed by atoms with Crippen LogP contribution in [0.5, 0.6) is 0 Å². The third-order valence-corrected chi connectivity index (χ3v) is 10.9. The summed E-state index contributed by atoms with van der Waals surface area (Å²) in [5.41, 5.74) is 10.8. The maximum Gasteiger partial charge on any atom is 0.100 e. The fraction of sp³-hybridized carbons (Fsp3) is 0. The van der Waals surface area contributed by atoms with E-state index in [9.17, 15) is 0 Å². The Balaban J connectivity index is 1.45. The van der Waals surface area contributed by atoms with Crippen LogP contribution in [0.15, 0.2) is 122 Å². The van der Waals surface area contributed by atoms with Crippen LogP contribution in [0.1, 0.15) is 0 Å². The molecule has 6 heteroatoms. The summed E-state index contributed by atoms with van der Waals surface area (Å²) in [6.07, 6.45) is 7.55. The minimum absolute atomic E-state index is 0.885. The van der Waals surface area contributed by atoms with Crippen molar-refractivity contribution in [2.75, 3.05) is 0 Å². The lowest BCUT2D eigenvalue weighted by molar-refractivity contribution is 1.33. The Morgan fingerprint density at radius 2 is 0.771 bits per heavy atom. The zero-order valence-corrected chi connectivity index (χ0v) is 25.2. The molecule has 0 fully saturated rings. The van der Waals surface area contributed by atoms with Crippen molar-refractivity contribution in [3.63, 3.8) is 0 Å². The van der Waals surface area contributed by atoms with Gasteiger partial charge in [-0.3, -0.25) is 9.97 Å². The molecule has 0 radical (unpaired) electrons. The smallest absolute Gasteiger partial charge is 0.100 e. The van der Waals surface area contributed by atoms with Gasteiger partial charge in [-0.25, -0.2) is 9.97 Å². The summed E-state index contributed by atoms with van der Waals surface area (Å²) >= 11 is 0. The second-order valence-corrected chi connectivity index (χ2v) is 13.0. The van der Waals surface area contributed by atoms with Crippen molar-refractivity contribution < 1.29 is 0 Å². The zero-order valence-electron chi connectivity index (χ0n) is 25.2. The minimum atomic E-state index is 0.885. The minimum Gasteiger partial charge on any atom is -0.306 e. The van der Waals surface area contributed by atoms with E-state index in [2.05, 4.69) is 116 Å². The second-order valence-electron chi connectivity index (χ2n) is 13.0. The van der Waals surface area contributed by atoms with E-state index in [4.69, 9.17) is 9.97 Å². The van der Waals surface area contributed by atoms with E-state index in [1.807, 2.05) is 24.8 Å². The van der Waals surface area contributed by atoms with Gasteiger partial charge in [-0.1, -0.05) is 72.8 Å². The van der Waals surface area contributed by atoms with Crippen LogP contribution in [0.25, 0.3) is 120 Å². The summed E-state index contributed by atoms with van der Waals surface area (Å²) in [7, 11) is 0. The quantitative estimate of drug-likeness (QED) is 0.127. The fourth-order valence-corrected chi connectivity index (χ4v) is 9.10. The molecule has 0 saturated carbocycles. The van der Waals surface area contributed by atoms with Gasteiger partial charge >= 0.3 is 0 Å². The Bertz CT molecular complexity index is 3340. The van der Waals surface area contributed by atoms with Crippen molar-refractivity contribution in [3.8, 4) is 0 Å². The third kappa shape index (κ3) is 2.46. The highest BCUT2D eigenvalue weighted by Gasteiger charge is 2.28. The van der Waals surface area contributed by atoms with Gasteiger partial charge in [0.25, 0.3) is 0 Å². The number of para-hydroxylation sites is 4. The number of rotatable bonds is 0. The molecule has 6 aromatic carbocycles. The van der Waals surface area contributed by atoms with E-state index in [-0.39, 0.29) is 0 Å². The predicted octanol–water partition coefficient (Wildman–Crippen LogP) is 10.2. The lowest BCUT2D eigenvalue weighted by atomic mass is 10.00. The second kappa shape index (κ2) is 7.82. The summed E-state index contributed by atoms with van der Waals surface area (Å²) in [6.45, 7) is 0. The molecule has 0 spiro atoms. The Kier molecular flexibility index (Phi) is 3.85. The molecule has 13 rings (SSSR count). The Labute approximate surface area is 269 Å². The van der Waals surface area contributed by atoms with Gasteiger partial charge in [-0.15, -0.1) is 0 Å². The summed E-state index contributed by atoms with van der Waals surface area (Å²) in [4.78, 5) is 20.3. The normalized spacial score (nSPS) is 13.0. The number of benzene rings is 6. The largest absolute Gasteiger partial charge is 0.306 e. The van der Waals surface area contributed by atoms with Crippen molar-refractivity contribution in [3.05, 3.63) is 122 Å². The van der Waals surface area contributed by atoms with Gasteiger partial charge in [0.05, 0.1) is 44.1 Å². The molecule has 0 bridgehead atoms. The number of pyridine rings is 2. The van der Waals surface area contributed by atoms with Crippen LogP contribution >= 0.6 is 0 Å². The molecular weight excluding hydrogens is 589 g/mol. The molecule has 0 unspecified atom stereocenters. The van der Waals surface area contributed by atoms with Gasteiger partial charge in [-0.05, 0) is 24.3 Å². The molecule has 0 aliphatic carbocycles. The molecular formula is C42H20N6. The molecule has 48 heavy (non-hydrogen) atoms. The van der Waals surface area contributed by atoms with Gasteiger partial charge in [0.1, 0.15) is 11.0 Å². The SMILES string of the molecule is c1ccc2c(c1)c1cccc3c4c5nc6c7ccncc7c7cnccc7c6nc5c5c6cccc7c8ccccc8n(c76)c5c4n2c13. The zero-order chi connectivity index (χ0) is 30.8. The van der Waals surface area contributed by atoms with E-state index in [1.54, 1.807) is 0 Å². The van der Waals surface area contributed by atoms with Crippen molar-refractivity contribution >= 4 is 120 Å². The molecule has 218 valence electrons. The number of nitrogens with zero attached hydrogens (tertiary/aromatic N) is 6. The highest BCUT2D eigenvalue weighted by atomic mass is 15.0. The molecule has 0 aliphatic rings. The van der Waals surface area contributed by atoms with Gasteiger partial charge in [0.15, 0.2) is 0 Å². The third-order valence-electron chi connectivity index (χ3n) is 10.9. The van der Waals surface area contributed by atoms with Crippen LogP contribution in [0.4, 0.5) is 0 Å². The summed E-state index contributed by atoms with van der Waals surface area (Å²) in [5.74, 6) is 0. The average molecular weight is 609 g/mol. The van der Waals surface area contributed by atoms with E-state index in [0.717, 1.165) is 54.4 Å². The van der Waals surface area contributed by atoms with Crippen LogP contribution in [0.3, 0.4) is 0 Å². The first-order valence-electron chi connectivity index (χ1n) is 16.2. The van der Waals surface area contributed by atoms with Crippen LogP contribution < -0.4 is 0 Å². The average Bonchev–Trinajstić information content (AvgIpc) is 3.88. The lowest BCUT2D eigenvalue weighted by Gasteiger charge is -2.12. The molecule has 0 saturated heterocycles. The number of fused-ring (bicyclic) bond motifs is 22. The molecule has 0 aliphatic heterocycles. The molecule has 0 amide bonds.